The van der Waals surface area contributed by atoms with E-state index in [1.165, 1.54) is 9.80 Å². The van der Waals surface area contributed by atoms with Gasteiger partial charge < -0.3 is 20.4 Å². The second-order valence-electron chi connectivity index (χ2n) is 5.55. The molecule has 0 spiro atoms. The maximum absolute atomic E-state index is 11.9. The maximum Gasteiger partial charge on any atom is 0.312 e. The van der Waals surface area contributed by atoms with E-state index in [1.54, 1.807) is 0 Å². The molecule has 0 radical (unpaired) electrons. The van der Waals surface area contributed by atoms with Gasteiger partial charge >= 0.3 is 11.8 Å². The molecule has 132 valence electrons. The normalized spacial score (nSPS) is 19.5. The minimum absolute atomic E-state index is 0. The van der Waals surface area contributed by atoms with E-state index in [0.29, 0.717) is 26.2 Å². The lowest BCUT2D eigenvalue weighted by Crippen LogP contribution is -2.56. The average Bonchev–Trinajstić information content (AvgIpc) is 2.53. The molecule has 2 aliphatic heterocycles. The Morgan fingerprint density at radius 3 is 2.35 bits per heavy atom. The first kappa shape index (κ1) is 19.7. The van der Waals surface area contributed by atoms with Gasteiger partial charge in [0, 0.05) is 58.9 Å². The van der Waals surface area contributed by atoms with Gasteiger partial charge in [0.1, 0.15) is 6.54 Å². The van der Waals surface area contributed by atoms with E-state index in [1.807, 2.05) is 6.92 Å². The number of rotatable bonds is 6. The molecule has 0 aromatic carbocycles. The van der Waals surface area contributed by atoms with Gasteiger partial charge in [0.15, 0.2) is 0 Å². The third kappa shape index (κ3) is 5.63. The fraction of sp³-hybridized carbons (Fsp3) is 0.786. The van der Waals surface area contributed by atoms with Gasteiger partial charge in [-0.05, 0) is 6.92 Å². The molecule has 2 heterocycles. The summed E-state index contributed by atoms with van der Waals surface area (Å²) >= 11 is 0. The van der Waals surface area contributed by atoms with E-state index in [-0.39, 0.29) is 24.9 Å². The van der Waals surface area contributed by atoms with E-state index in [4.69, 9.17) is 0 Å². The number of carbonyl (C=O) groups is 3. The summed E-state index contributed by atoms with van der Waals surface area (Å²) in [6.45, 7) is 8.55. The molecule has 9 heteroatoms. The molecule has 23 heavy (non-hydrogen) atoms. The Labute approximate surface area is 142 Å². The molecule has 0 bridgehead atoms. The fourth-order valence-electron chi connectivity index (χ4n) is 2.69. The number of likely N-dealkylation sites (N-methyl/N-ethyl adjacent to an activating group) is 1. The number of hydrogen-bond acceptors (Lipinski definition) is 5. The third-order valence-electron chi connectivity index (χ3n) is 4.07. The Kier molecular flexibility index (Phi) is 8.29. The molecular weight excluding hydrogens is 322 g/mol. The van der Waals surface area contributed by atoms with Crippen LogP contribution in [0.25, 0.3) is 0 Å². The lowest BCUT2D eigenvalue weighted by molar-refractivity contribution is -0.156. The van der Waals surface area contributed by atoms with E-state index < -0.39 is 11.8 Å². The van der Waals surface area contributed by atoms with Crippen LogP contribution in [0.2, 0.25) is 0 Å². The van der Waals surface area contributed by atoms with E-state index in [0.717, 1.165) is 32.7 Å². The molecule has 0 aliphatic carbocycles. The van der Waals surface area contributed by atoms with Crippen LogP contribution in [0.3, 0.4) is 0 Å². The van der Waals surface area contributed by atoms with Crippen LogP contribution in [0.1, 0.15) is 6.92 Å². The zero-order chi connectivity index (χ0) is 15.9. The van der Waals surface area contributed by atoms with Gasteiger partial charge in [0.05, 0.1) is 0 Å². The summed E-state index contributed by atoms with van der Waals surface area (Å²) in [4.78, 5) is 40.7. The van der Waals surface area contributed by atoms with Gasteiger partial charge in [-0.2, -0.15) is 0 Å². The number of nitrogens with one attached hydrogen (secondary N) is 2. The standard InChI is InChI=1S/C14H25N5O3.ClH/c1-2-18-9-10-19(14(22)13(18)21)11-12(20)16-5-8-17-6-3-15-4-7-17;/h15H,2-11H2,1H3,(H,16,20);1H. The van der Waals surface area contributed by atoms with Gasteiger partial charge in [0.2, 0.25) is 5.91 Å². The first-order valence-corrected chi connectivity index (χ1v) is 7.89. The lowest BCUT2D eigenvalue weighted by Gasteiger charge is -2.32. The fourth-order valence-corrected chi connectivity index (χ4v) is 2.69. The highest BCUT2D eigenvalue weighted by molar-refractivity contribution is 6.35. The zero-order valence-electron chi connectivity index (χ0n) is 13.5. The van der Waals surface area contributed by atoms with Crippen LogP contribution in [-0.2, 0) is 14.4 Å². The molecule has 0 unspecified atom stereocenters. The van der Waals surface area contributed by atoms with E-state index in [2.05, 4.69) is 15.5 Å². The first-order valence-electron chi connectivity index (χ1n) is 7.89. The molecule has 2 N–H and O–H groups in total. The predicted molar refractivity (Wildman–Crippen MR) is 88.4 cm³/mol. The minimum atomic E-state index is -0.578. The number of halogens is 1. The van der Waals surface area contributed by atoms with Crippen LogP contribution >= 0.6 is 12.4 Å². The Balaban J connectivity index is 0.00000264. The summed E-state index contributed by atoms with van der Waals surface area (Å²) in [5.41, 5.74) is 0. The van der Waals surface area contributed by atoms with Crippen molar-refractivity contribution in [3.8, 4) is 0 Å². The summed E-state index contributed by atoms with van der Waals surface area (Å²) in [7, 11) is 0. The number of nitrogens with zero attached hydrogens (tertiary/aromatic N) is 3. The maximum atomic E-state index is 11.9. The van der Waals surface area contributed by atoms with E-state index >= 15 is 0 Å². The molecule has 3 amide bonds. The molecule has 0 saturated carbocycles. The Morgan fingerprint density at radius 1 is 1.09 bits per heavy atom. The molecular formula is C14H26ClN5O3. The number of carbonyl (C=O) groups excluding carboxylic acids is 3. The first-order chi connectivity index (χ1) is 10.6. The smallest absolute Gasteiger partial charge is 0.312 e. The van der Waals surface area contributed by atoms with Crippen LogP contribution in [0.4, 0.5) is 0 Å². The number of amides is 3. The van der Waals surface area contributed by atoms with Gasteiger partial charge in [-0.15, -0.1) is 12.4 Å². The number of hydrogen-bond donors (Lipinski definition) is 2. The molecule has 0 aromatic rings. The second-order valence-corrected chi connectivity index (χ2v) is 5.55. The average molecular weight is 348 g/mol. The van der Waals surface area contributed by atoms with Crippen LogP contribution in [0.15, 0.2) is 0 Å². The highest BCUT2D eigenvalue weighted by Crippen LogP contribution is 2.04. The van der Waals surface area contributed by atoms with Crippen molar-refractivity contribution >= 4 is 30.1 Å². The molecule has 0 aromatic heterocycles. The van der Waals surface area contributed by atoms with E-state index in [9.17, 15) is 14.4 Å². The van der Waals surface area contributed by atoms with Crippen molar-refractivity contribution in [1.82, 2.24) is 25.3 Å². The van der Waals surface area contributed by atoms with Gasteiger partial charge in [0.25, 0.3) is 0 Å². The lowest BCUT2D eigenvalue weighted by atomic mass is 10.3. The molecule has 2 aliphatic rings. The number of piperazine rings is 2. The van der Waals surface area contributed by atoms with Crippen molar-refractivity contribution in [2.24, 2.45) is 0 Å². The summed E-state index contributed by atoms with van der Waals surface area (Å²) in [5.74, 6) is -1.30. The van der Waals surface area contributed by atoms with Crippen molar-refractivity contribution in [1.29, 1.82) is 0 Å². The Morgan fingerprint density at radius 2 is 1.70 bits per heavy atom. The minimum Gasteiger partial charge on any atom is -0.353 e. The van der Waals surface area contributed by atoms with Crippen molar-refractivity contribution in [3.05, 3.63) is 0 Å². The highest BCUT2D eigenvalue weighted by Gasteiger charge is 2.32. The van der Waals surface area contributed by atoms with Gasteiger partial charge in [-0.3, -0.25) is 19.3 Å². The van der Waals surface area contributed by atoms with Gasteiger partial charge in [-0.25, -0.2) is 0 Å². The SMILES string of the molecule is CCN1CCN(CC(=O)NCCN2CCNCC2)C(=O)C1=O.Cl. The van der Waals surface area contributed by atoms with Gasteiger partial charge in [-0.1, -0.05) is 0 Å². The topological polar surface area (TPSA) is 85.0 Å². The quantitative estimate of drug-likeness (QED) is 0.549. The van der Waals surface area contributed by atoms with Crippen molar-refractivity contribution in [3.63, 3.8) is 0 Å². The molecule has 2 saturated heterocycles. The summed E-state index contributed by atoms with van der Waals surface area (Å²) in [6, 6.07) is 0. The monoisotopic (exact) mass is 347 g/mol. The summed E-state index contributed by atoms with van der Waals surface area (Å²) in [5, 5.41) is 6.09. The van der Waals surface area contributed by atoms with Crippen LogP contribution in [0, 0.1) is 0 Å². The van der Waals surface area contributed by atoms with Crippen LogP contribution in [-0.4, -0.2) is 97.9 Å². The Hall–Kier alpha value is -1.38. The Bertz CT molecular complexity index is 429. The van der Waals surface area contributed by atoms with Crippen molar-refractivity contribution in [2.75, 3.05) is 65.4 Å². The molecule has 8 nitrogen and oxygen atoms in total. The molecule has 0 atom stereocenters. The van der Waals surface area contributed by atoms with Crippen LogP contribution in [0.5, 0.6) is 0 Å². The molecule has 2 fully saturated rings. The van der Waals surface area contributed by atoms with Crippen molar-refractivity contribution < 1.29 is 14.4 Å². The zero-order valence-corrected chi connectivity index (χ0v) is 14.4. The van der Waals surface area contributed by atoms with Crippen LogP contribution < -0.4 is 10.6 Å². The second kappa shape index (κ2) is 9.69. The summed E-state index contributed by atoms with van der Waals surface area (Å²) < 4.78 is 0. The third-order valence-corrected chi connectivity index (χ3v) is 4.07. The predicted octanol–water partition coefficient (Wildman–Crippen LogP) is -1.88. The highest BCUT2D eigenvalue weighted by atomic mass is 35.5. The largest absolute Gasteiger partial charge is 0.353 e. The molecule has 2 rings (SSSR count). The van der Waals surface area contributed by atoms with Crippen molar-refractivity contribution in [2.45, 2.75) is 6.92 Å². The summed E-state index contributed by atoms with van der Waals surface area (Å²) in [6.07, 6.45) is 0.